The Morgan fingerprint density at radius 1 is 0.574 bits per heavy atom. The molecule has 4 fully saturated rings. The highest BCUT2D eigenvalue weighted by atomic mass is 32.7. The van der Waals surface area contributed by atoms with Crippen molar-refractivity contribution in [2.45, 2.75) is 286 Å². The largest absolute Gasteiger partial charge is 0.460 e. The summed E-state index contributed by atoms with van der Waals surface area (Å²) < 4.78 is 18.6. The van der Waals surface area contributed by atoms with Crippen molar-refractivity contribution in [1.29, 1.82) is 0 Å². The number of rotatable bonds is 26. The fraction of sp³-hybridized carbons (Fsp3) is 0.948. The highest BCUT2D eigenvalue weighted by Crippen LogP contribution is 2.56. The summed E-state index contributed by atoms with van der Waals surface area (Å²) in [6.45, 7) is 38.3. The van der Waals surface area contributed by atoms with Crippen LogP contribution in [0.1, 0.15) is 254 Å². The maximum Gasteiger partial charge on any atom is 0.309 e. The van der Waals surface area contributed by atoms with Gasteiger partial charge in [-0.25, -0.2) is 0 Å². The molecule has 0 aromatic rings. The fourth-order valence-corrected chi connectivity index (χ4v) is 14.5. The Balaban J connectivity index is 0.00000370. The highest BCUT2D eigenvalue weighted by molar-refractivity contribution is 8.44. The lowest BCUT2D eigenvalue weighted by Gasteiger charge is -2.42. The van der Waals surface area contributed by atoms with E-state index in [1.54, 1.807) is 0 Å². The van der Waals surface area contributed by atoms with E-state index in [4.69, 9.17) is 14.2 Å². The van der Waals surface area contributed by atoms with E-state index in [1.165, 1.54) is 38.5 Å². The number of hydrogen-bond acceptors (Lipinski definition) is 9. The van der Waals surface area contributed by atoms with Gasteiger partial charge in [-0.05, 0) is 207 Å². The van der Waals surface area contributed by atoms with Gasteiger partial charge in [0, 0.05) is 27.8 Å². The van der Waals surface area contributed by atoms with Crippen LogP contribution in [0.2, 0.25) is 0 Å². The van der Waals surface area contributed by atoms with Gasteiger partial charge in [-0.1, -0.05) is 90.5 Å². The van der Waals surface area contributed by atoms with Crippen LogP contribution in [0.3, 0.4) is 0 Å². The van der Waals surface area contributed by atoms with E-state index in [1.807, 2.05) is 127 Å². The molecule has 4 aliphatic carbocycles. The number of aliphatic hydroxyl groups is 1. The van der Waals surface area contributed by atoms with Crippen LogP contribution in [-0.2, 0) is 28.6 Å². The minimum absolute atomic E-state index is 0.0634. The van der Waals surface area contributed by atoms with Crippen molar-refractivity contribution in [2.24, 2.45) is 58.2 Å². The third kappa shape index (κ3) is 20.4. The number of fused-ring (bicyclic) bond motifs is 4. The van der Waals surface area contributed by atoms with Crippen LogP contribution in [0, 0.1) is 58.2 Å². The third-order valence-electron chi connectivity index (χ3n) is 17.0. The molecule has 0 aliphatic heterocycles. The second-order valence-corrected chi connectivity index (χ2v) is 27.4. The molecule has 0 heterocycles. The van der Waals surface area contributed by atoms with Crippen molar-refractivity contribution in [1.82, 2.24) is 0 Å². The number of carbonyl (C=O) groups excluding carboxylic acids is 3. The van der Waals surface area contributed by atoms with Crippen LogP contribution in [0.4, 0.5) is 0 Å². The number of esters is 3. The zero-order chi connectivity index (χ0) is 52.5. The molecule has 68 heavy (non-hydrogen) atoms. The number of thioether (sulfide) groups is 1. The van der Waals surface area contributed by atoms with Gasteiger partial charge in [-0.2, -0.15) is 11.8 Å². The lowest BCUT2D eigenvalue weighted by Crippen LogP contribution is -2.44. The van der Waals surface area contributed by atoms with Crippen molar-refractivity contribution in [3.63, 3.8) is 0 Å². The van der Waals surface area contributed by atoms with Gasteiger partial charge in [-0.3, -0.25) is 14.4 Å². The Morgan fingerprint density at radius 2 is 1.10 bits per heavy atom. The minimum atomic E-state index is -0.825. The summed E-state index contributed by atoms with van der Waals surface area (Å²) in [5.41, 5.74) is -3.30. The molecule has 0 aromatic heterocycles. The normalized spacial score (nSPS) is 25.5. The SMILES string of the molecule is CC.CC.CC.CSC1CC2CC(CCC(CCCC(C)(C)C(C)(C)OC(=O)CCCCC(C)(C)C(C)(C)OC(=O)C(CCC3CC4CC3CC4SP)CCC(C)(C)O)C(=O)OC(C)(C)C)C1C2. The molecule has 4 saturated carbocycles. The Labute approximate surface area is 431 Å². The van der Waals surface area contributed by atoms with E-state index in [0.29, 0.717) is 31.6 Å². The fourth-order valence-electron chi connectivity index (χ4n) is 11.6. The molecule has 1 N–H and O–H groups in total. The monoisotopic (exact) mass is 1010 g/mol. The summed E-state index contributed by atoms with van der Waals surface area (Å²) in [5.74, 6) is 3.99. The molecular formula is C58H111O7PS2. The maximum absolute atomic E-state index is 13.9. The first kappa shape index (κ1) is 65.5. The van der Waals surface area contributed by atoms with Crippen molar-refractivity contribution >= 4 is 49.5 Å². The van der Waals surface area contributed by atoms with E-state index in [9.17, 15) is 19.5 Å². The van der Waals surface area contributed by atoms with Gasteiger partial charge in [0.05, 0.1) is 17.4 Å². The maximum atomic E-state index is 13.9. The van der Waals surface area contributed by atoms with Gasteiger partial charge in [0.2, 0.25) is 0 Å². The summed E-state index contributed by atoms with van der Waals surface area (Å²) in [4.78, 5) is 40.8. The molecule has 10 heteroatoms. The average molecular weight is 1020 g/mol. The molecule has 11 atom stereocenters. The average Bonchev–Trinajstić information content (AvgIpc) is 4.06. The first-order valence-electron chi connectivity index (χ1n) is 27.8. The molecule has 0 saturated heterocycles. The van der Waals surface area contributed by atoms with E-state index in [0.717, 1.165) is 97.9 Å². The Morgan fingerprint density at radius 3 is 1.60 bits per heavy atom. The Hall–Kier alpha value is -0.500. The number of ether oxygens (including phenoxy) is 3. The second kappa shape index (κ2) is 29.4. The topological polar surface area (TPSA) is 99.1 Å². The molecule has 4 aliphatic rings. The van der Waals surface area contributed by atoms with E-state index in [-0.39, 0.29) is 40.6 Å². The molecule has 0 radical (unpaired) electrons. The van der Waals surface area contributed by atoms with E-state index < -0.39 is 22.4 Å². The van der Waals surface area contributed by atoms with Crippen LogP contribution in [-0.4, -0.2) is 62.2 Å². The number of carbonyl (C=O) groups is 3. The first-order valence-corrected chi connectivity index (χ1v) is 31.5. The molecule has 0 aromatic carbocycles. The van der Waals surface area contributed by atoms with Gasteiger partial charge in [-0.15, -0.1) is 11.4 Å². The first-order chi connectivity index (χ1) is 31.6. The lowest BCUT2D eigenvalue weighted by molar-refractivity contribution is -0.175. The van der Waals surface area contributed by atoms with Gasteiger partial charge in [0.25, 0.3) is 0 Å². The van der Waals surface area contributed by atoms with Gasteiger partial charge in [0.15, 0.2) is 0 Å². The van der Waals surface area contributed by atoms with Crippen LogP contribution in [0.25, 0.3) is 0 Å². The third-order valence-corrected chi connectivity index (χ3v) is 20.2. The zero-order valence-electron chi connectivity index (χ0n) is 48.0. The number of unbranched alkanes of at least 4 members (excludes halogenated alkanes) is 1. The second-order valence-electron chi connectivity index (χ2n) is 24.6. The van der Waals surface area contributed by atoms with Crippen LogP contribution in [0.5, 0.6) is 0 Å². The molecule has 0 amide bonds. The summed E-state index contributed by atoms with van der Waals surface area (Å²) in [5, 5.41) is 12.1. The summed E-state index contributed by atoms with van der Waals surface area (Å²) >= 11 is 3.99. The molecule has 7 nitrogen and oxygen atoms in total. The number of hydrogen-bond donors (Lipinski definition) is 1. The lowest BCUT2D eigenvalue weighted by atomic mass is 9.72. The van der Waals surface area contributed by atoms with Crippen LogP contribution < -0.4 is 0 Å². The van der Waals surface area contributed by atoms with Gasteiger partial charge >= 0.3 is 17.9 Å². The molecule has 4 rings (SSSR count). The quantitative estimate of drug-likeness (QED) is 0.0393. The Bertz CT molecular complexity index is 1460. The summed E-state index contributed by atoms with van der Waals surface area (Å²) in [7, 11) is 2.87. The van der Waals surface area contributed by atoms with Crippen molar-refractivity contribution in [3.8, 4) is 0 Å². The van der Waals surface area contributed by atoms with E-state index >= 15 is 0 Å². The highest BCUT2D eigenvalue weighted by Gasteiger charge is 2.48. The molecule has 11 unspecified atom stereocenters. The van der Waals surface area contributed by atoms with Crippen LogP contribution in [0.15, 0.2) is 0 Å². The predicted octanol–water partition coefficient (Wildman–Crippen LogP) is 16.9. The van der Waals surface area contributed by atoms with Crippen LogP contribution >= 0.6 is 31.6 Å². The van der Waals surface area contributed by atoms with Gasteiger partial charge < -0.3 is 19.3 Å². The standard InChI is InChI=1S/C52H93O7PS2.3C2H6/c1-47(2,3)58-45(54)35(21-23-38-28-34-29-41(38)43(30-34)61-14)18-17-26-49(6,7)51(10,11)57-44(53)19-15-16-25-48(4,5)52(12,13)59-46(55)36(24-27-50(8,9)56)20-22-37-31-40-32-39(37)33-42(40)62-60;3*1-2/h34-43,56H,15-33,60H2,1-14H3;3*1-2H3. The molecular weight excluding hydrogens is 904 g/mol. The minimum Gasteiger partial charge on any atom is -0.460 e. The summed E-state index contributed by atoms with van der Waals surface area (Å²) in [6, 6.07) is 0. The molecule has 0 spiro atoms. The molecule has 402 valence electrons. The van der Waals surface area contributed by atoms with Crippen molar-refractivity contribution < 1.29 is 33.7 Å². The van der Waals surface area contributed by atoms with Crippen molar-refractivity contribution in [3.05, 3.63) is 0 Å². The van der Waals surface area contributed by atoms with E-state index in [2.05, 4.69) is 42.4 Å². The van der Waals surface area contributed by atoms with Gasteiger partial charge in [0.1, 0.15) is 16.8 Å². The predicted molar refractivity (Wildman–Crippen MR) is 298 cm³/mol. The zero-order valence-corrected chi connectivity index (χ0v) is 50.8. The van der Waals surface area contributed by atoms with Crippen molar-refractivity contribution in [2.75, 3.05) is 6.26 Å². The smallest absolute Gasteiger partial charge is 0.309 e. The summed E-state index contributed by atoms with van der Waals surface area (Å²) in [6.07, 6.45) is 20.5. The Kier molecular flexibility index (Phi) is 28.3. The molecule has 4 bridgehead atoms.